The summed E-state index contributed by atoms with van der Waals surface area (Å²) >= 11 is 0. The van der Waals surface area contributed by atoms with Crippen molar-refractivity contribution in [2.24, 2.45) is 0 Å². The van der Waals surface area contributed by atoms with Crippen molar-refractivity contribution in [3.05, 3.63) is 22.8 Å². The van der Waals surface area contributed by atoms with E-state index in [1.54, 1.807) is 0 Å². The predicted octanol–water partition coefficient (Wildman–Crippen LogP) is 3.55. The van der Waals surface area contributed by atoms with E-state index in [-0.39, 0.29) is 17.2 Å². The predicted molar refractivity (Wildman–Crippen MR) is 77.6 cm³/mol. The molecule has 0 saturated carbocycles. The lowest BCUT2D eigenvalue weighted by molar-refractivity contribution is -0.132. The lowest BCUT2D eigenvalue weighted by atomic mass is 9.80. The SMILES string of the molecule is CC(=O)Oc1c(C(C)C)cc(O)c(C=O)c1C(C)(C)C. The number of esters is 1. The van der Waals surface area contributed by atoms with Gasteiger partial charge in [-0.15, -0.1) is 0 Å². The molecule has 0 aliphatic heterocycles. The van der Waals surface area contributed by atoms with E-state index in [1.807, 2.05) is 34.6 Å². The van der Waals surface area contributed by atoms with Gasteiger partial charge in [0, 0.05) is 18.1 Å². The third-order valence-electron chi connectivity index (χ3n) is 3.06. The standard InChI is InChI=1S/C16H22O4/c1-9(2)11-7-13(19)12(8-17)14(16(4,5)6)15(11)20-10(3)18/h7-9,19H,1-6H3. The molecule has 0 unspecified atom stereocenters. The second-order valence-corrected chi connectivity index (χ2v) is 6.22. The summed E-state index contributed by atoms with van der Waals surface area (Å²) in [6, 6.07) is 1.50. The molecule has 0 aromatic heterocycles. The van der Waals surface area contributed by atoms with Gasteiger partial charge in [-0.1, -0.05) is 34.6 Å². The van der Waals surface area contributed by atoms with Gasteiger partial charge in [0.05, 0.1) is 5.56 Å². The number of carbonyl (C=O) groups is 2. The Labute approximate surface area is 119 Å². The molecule has 1 aromatic rings. The van der Waals surface area contributed by atoms with Gasteiger partial charge in [-0.3, -0.25) is 9.59 Å². The van der Waals surface area contributed by atoms with Crippen LogP contribution >= 0.6 is 0 Å². The van der Waals surface area contributed by atoms with Crippen molar-refractivity contribution in [2.75, 3.05) is 0 Å². The Bertz CT molecular complexity index is 536. The van der Waals surface area contributed by atoms with Crippen molar-refractivity contribution in [2.45, 2.75) is 52.9 Å². The Morgan fingerprint density at radius 3 is 2.25 bits per heavy atom. The first-order chi connectivity index (χ1) is 9.09. The van der Waals surface area contributed by atoms with Crippen LogP contribution in [0.1, 0.15) is 68.9 Å². The second-order valence-electron chi connectivity index (χ2n) is 6.22. The van der Waals surface area contributed by atoms with Gasteiger partial charge >= 0.3 is 5.97 Å². The molecule has 1 rings (SSSR count). The summed E-state index contributed by atoms with van der Waals surface area (Å²) in [7, 11) is 0. The Hall–Kier alpha value is -1.84. The van der Waals surface area contributed by atoms with E-state index in [1.165, 1.54) is 13.0 Å². The first-order valence-electron chi connectivity index (χ1n) is 6.63. The largest absolute Gasteiger partial charge is 0.507 e. The number of benzene rings is 1. The average Bonchev–Trinajstić information content (AvgIpc) is 2.27. The second kappa shape index (κ2) is 5.65. The first-order valence-corrected chi connectivity index (χ1v) is 6.63. The van der Waals surface area contributed by atoms with Gasteiger partial charge < -0.3 is 9.84 Å². The van der Waals surface area contributed by atoms with Gasteiger partial charge in [0.15, 0.2) is 6.29 Å². The van der Waals surface area contributed by atoms with E-state index >= 15 is 0 Å². The van der Waals surface area contributed by atoms with E-state index in [9.17, 15) is 14.7 Å². The van der Waals surface area contributed by atoms with Gasteiger partial charge in [0.25, 0.3) is 0 Å². The fourth-order valence-electron chi connectivity index (χ4n) is 2.23. The third kappa shape index (κ3) is 3.18. The molecule has 4 nitrogen and oxygen atoms in total. The van der Waals surface area contributed by atoms with Crippen LogP contribution in [0.3, 0.4) is 0 Å². The number of carbonyl (C=O) groups excluding carboxylic acids is 2. The summed E-state index contributed by atoms with van der Waals surface area (Å²) in [4.78, 5) is 22.7. The summed E-state index contributed by atoms with van der Waals surface area (Å²) in [5.41, 5.74) is 1.02. The van der Waals surface area contributed by atoms with Gasteiger partial charge in [0.2, 0.25) is 0 Å². The van der Waals surface area contributed by atoms with Crippen molar-refractivity contribution in [3.63, 3.8) is 0 Å². The smallest absolute Gasteiger partial charge is 0.308 e. The Kier molecular flexibility index (Phi) is 4.58. The number of aldehydes is 1. The number of ether oxygens (including phenoxy) is 1. The quantitative estimate of drug-likeness (QED) is 0.521. The van der Waals surface area contributed by atoms with Crippen LogP contribution in [-0.4, -0.2) is 17.4 Å². The minimum absolute atomic E-state index is 0.0528. The van der Waals surface area contributed by atoms with Gasteiger partial charge in [0.1, 0.15) is 11.5 Å². The minimum Gasteiger partial charge on any atom is -0.507 e. The molecule has 0 fully saturated rings. The average molecular weight is 278 g/mol. The lowest BCUT2D eigenvalue weighted by Gasteiger charge is -2.27. The zero-order valence-corrected chi connectivity index (χ0v) is 12.9. The number of phenolic OH excluding ortho intramolecular Hbond substituents is 1. The Morgan fingerprint density at radius 1 is 1.35 bits per heavy atom. The van der Waals surface area contributed by atoms with Crippen LogP contribution in [0.25, 0.3) is 0 Å². The highest BCUT2D eigenvalue weighted by Gasteiger charge is 2.29. The highest BCUT2D eigenvalue weighted by molar-refractivity contribution is 5.85. The van der Waals surface area contributed by atoms with Crippen molar-refractivity contribution in [3.8, 4) is 11.5 Å². The van der Waals surface area contributed by atoms with Crippen molar-refractivity contribution < 1.29 is 19.4 Å². The summed E-state index contributed by atoms with van der Waals surface area (Å²) < 4.78 is 5.35. The molecule has 0 aliphatic carbocycles. The molecular weight excluding hydrogens is 256 g/mol. The Balaban J connectivity index is 3.80. The topological polar surface area (TPSA) is 63.6 Å². The molecular formula is C16H22O4. The molecule has 110 valence electrons. The highest BCUT2D eigenvalue weighted by Crippen LogP contribution is 2.43. The first kappa shape index (κ1) is 16.2. The van der Waals surface area contributed by atoms with E-state index < -0.39 is 11.4 Å². The molecule has 1 aromatic carbocycles. The number of phenols is 1. The molecule has 0 spiro atoms. The molecule has 0 amide bonds. The highest BCUT2D eigenvalue weighted by atomic mass is 16.5. The van der Waals surface area contributed by atoms with Crippen molar-refractivity contribution in [1.29, 1.82) is 0 Å². The molecule has 0 heterocycles. The number of hydrogen-bond donors (Lipinski definition) is 1. The summed E-state index contributed by atoms with van der Waals surface area (Å²) in [5.74, 6) is -0.0820. The number of hydrogen-bond acceptors (Lipinski definition) is 4. The Morgan fingerprint density at radius 2 is 1.90 bits per heavy atom. The monoisotopic (exact) mass is 278 g/mol. The van der Waals surface area contributed by atoms with Crippen molar-refractivity contribution in [1.82, 2.24) is 0 Å². The molecule has 0 aliphatic rings. The minimum atomic E-state index is -0.445. The van der Waals surface area contributed by atoms with E-state index in [4.69, 9.17) is 4.74 Å². The summed E-state index contributed by atoms with van der Waals surface area (Å²) in [6.45, 7) is 10.9. The number of aromatic hydroxyl groups is 1. The summed E-state index contributed by atoms with van der Waals surface area (Å²) in [5, 5.41) is 10.1. The molecule has 20 heavy (non-hydrogen) atoms. The van der Waals surface area contributed by atoms with Crippen LogP contribution < -0.4 is 4.74 Å². The maximum atomic E-state index is 11.4. The maximum absolute atomic E-state index is 11.4. The van der Waals surface area contributed by atoms with Crippen LogP contribution in [0.5, 0.6) is 11.5 Å². The normalized spacial score (nSPS) is 11.6. The van der Waals surface area contributed by atoms with Crippen molar-refractivity contribution >= 4 is 12.3 Å². The molecule has 0 atom stereocenters. The van der Waals surface area contributed by atoms with Crippen LogP contribution in [0.4, 0.5) is 0 Å². The fourth-order valence-corrected chi connectivity index (χ4v) is 2.23. The number of rotatable bonds is 3. The molecule has 1 N–H and O–H groups in total. The van der Waals surface area contributed by atoms with Crippen LogP contribution in [0.15, 0.2) is 6.07 Å². The van der Waals surface area contributed by atoms with Gasteiger partial charge in [-0.2, -0.15) is 0 Å². The van der Waals surface area contributed by atoms with E-state index in [0.717, 1.165) is 0 Å². The molecule has 4 heteroatoms. The van der Waals surface area contributed by atoms with E-state index in [0.29, 0.717) is 23.2 Å². The maximum Gasteiger partial charge on any atom is 0.308 e. The van der Waals surface area contributed by atoms with Gasteiger partial charge in [-0.25, -0.2) is 0 Å². The fraction of sp³-hybridized carbons (Fsp3) is 0.500. The molecule has 0 bridgehead atoms. The van der Waals surface area contributed by atoms with Crippen LogP contribution in [-0.2, 0) is 10.2 Å². The molecule has 0 saturated heterocycles. The van der Waals surface area contributed by atoms with Crippen LogP contribution in [0, 0.1) is 0 Å². The zero-order valence-electron chi connectivity index (χ0n) is 12.9. The zero-order chi connectivity index (χ0) is 15.7. The molecule has 0 radical (unpaired) electrons. The third-order valence-corrected chi connectivity index (χ3v) is 3.06. The van der Waals surface area contributed by atoms with Crippen LogP contribution in [0.2, 0.25) is 0 Å². The lowest BCUT2D eigenvalue weighted by Crippen LogP contribution is -2.19. The summed E-state index contributed by atoms with van der Waals surface area (Å²) in [6.07, 6.45) is 0.604. The van der Waals surface area contributed by atoms with E-state index in [2.05, 4.69) is 0 Å². The van der Waals surface area contributed by atoms with Gasteiger partial charge in [-0.05, 0) is 17.4 Å².